The van der Waals surface area contributed by atoms with Crippen molar-refractivity contribution in [2.45, 2.75) is 59.1 Å². The number of hydrogen-bond donors (Lipinski definition) is 3. The number of aliphatic hydroxyl groups excluding tert-OH is 1. The van der Waals surface area contributed by atoms with Gasteiger partial charge >= 0.3 is 0 Å². The predicted molar refractivity (Wildman–Crippen MR) is 163 cm³/mol. The zero-order valence-electron chi connectivity index (χ0n) is 25.0. The van der Waals surface area contributed by atoms with Crippen molar-refractivity contribution in [3.8, 4) is 0 Å². The molecule has 1 heterocycles. The number of para-hydroxylation sites is 1. The maximum atomic E-state index is 14.2. The Hall–Kier alpha value is -3.82. The van der Waals surface area contributed by atoms with E-state index in [4.69, 9.17) is 10.2 Å². The fraction of sp³-hybridized carbons (Fsp3) is 0.412. The summed E-state index contributed by atoms with van der Waals surface area (Å²) < 4.78 is 34.3. The molecule has 1 aliphatic rings. The van der Waals surface area contributed by atoms with Crippen LogP contribution in [0.2, 0.25) is 0 Å². The number of aliphatic hydroxyl groups is 1. The van der Waals surface area contributed by atoms with Gasteiger partial charge in [0.1, 0.15) is 23.0 Å². The van der Waals surface area contributed by atoms with Crippen molar-refractivity contribution in [3.05, 3.63) is 94.8 Å². The van der Waals surface area contributed by atoms with Crippen LogP contribution in [0.1, 0.15) is 51.4 Å². The fourth-order valence-corrected chi connectivity index (χ4v) is 6.17. The summed E-state index contributed by atoms with van der Waals surface area (Å²) in [4.78, 5) is 28.8. The van der Waals surface area contributed by atoms with Crippen molar-refractivity contribution in [2.24, 2.45) is 17.1 Å². The van der Waals surface area contributed by atoms with Crippen molar-refractivity contribution < 1.29 is 27.9 Å². The van der Waals surface area contributed by atoms with E-state index in [1.54, 1.807) is 24.0 Å². The molecule has 0 radical (unpaired) electrons. The van der Waals surface area contributed by atoms with Gasteiger partial charge in [-0.05, 0) is 62.4 Å². The fourth-order valence-electron chi connectivity index (χ4n) is 6.17. The molecule has 9 heteroatoms. The molecular weight excluding hydrogens is 552 g/mol. The van der Waals surface area contributed by atoms with Gasteiger partial charge in [0.15, 0.2) is 0 Å². The standard InChI is InChI=1S/C34H41F2N3O4/c1-4-10-39(11-5-2)32(41)25-12-22(3)18-34(19-25,33(37)42)29(15-23-13-26(35)17-27(36)14-23)30(40)21-38-20-28-16-24-8-6-7-9-31(24)43-28/h6-9,12-14,16-18,29-30,38,40H,4-5,10-11,15,19-21H2,1-3H3,(H2,37,42)/t29-,30+,34?/m1/s1. The van der Waals surface area contributed by atoms with E-state index in [-0.39, 0.29) is 30.9 Å². The summed E-state index contributed by atoms with van der Waals surface area (Å²) in [7, 11) is 0. The molecule has 0 aliphatic heterocycles. The Morgan fingerprint density at radius 3 is 2.40 bits per heavy atom. The second kappa shape index (κ2) is 14.1. The minimum atomic E-state index is -1.49. The highest BCUT2D eigenvalue weighted by molar-refractivity contribution is 5.97. The molecule has 7 nitrogen and oxygen atoms in total. The molecular formula is C34H41F2N3O4. The quantitative estimate of drug-likeness (QED) is 0.231. The van der Waals surface area contributed by atoms with Gasteiger partial charge < -0.3 is 25.5 Å². The highest BCUT2D eigenvalue weighted by Gasteiger charge is 2.48. The van der Waals surface area contributed by atoms with E-state index >= 15 is 0 Å². The third kappa shape index (κ3) is 7.58. The molecule has 43 heavy (non-hydrogen) atoms. The van der Waals surface area contributed by atoms with Crippen molar-refractivity contribution in [1.82, 2.24) is 10.2 Å². The van der Waals surface area contributed by atoms with Gasteiger partial charge in [0, 0.05) is 42.6 Å². The number of fused-ring (bicyclic) bond motifs is 1. The van der Waals surface area contributed by atoms with Gasteiger partial charge in [0.2, 0.25) is 11.8 Å². The number of rotatable bonds is 14. The van der Waals surface area contributed by atoms with Crippen molar-refractivity contribution in [1.29, 1.82) is 0 Å². The first-order valence-electron chi connectivity index (χ1n) is 14.9. The molecule has 0 saturated heterocycles. The van der Waals surface area contributed by atoms with E-state index in [0.717, 1.165) is 29.9 Å². The third-order valence-corrected chi connectivity index (χ3v) is 8.01. The number of nitrogens with two attached hydrogens (primary N) is 1. The monoisotopic (exact) mass is 593 g/mol. The molecule has 3 atom stereocenters. The van der Waals surface area contributed by atoms with Crippen LogP contribution in [0, 0.1) is 23.0 Å². The number of furan rings is 1. The topological polar surface area (TPSA) is 109 Å². The minimum absolute atomic E-state index is 0.0339. The molecule has 0 bridgehead atoms. The van der Waals surface area contributed by atoms with Crippen LogP contribution < -0.4 is 11.1 Å². The molecule has 1 aromatic heterocycles. The number of allylic oxidation sites excluding steroid dienone is 2. The molecule has 3 aromatic rings. The number of nitrogens with one attached hydrogen (secondary N) is 1. The molecule has 4 N–H and O–H groups in total. The molecule has 0 spiro atoms. The number of halogens is 2. The first-order valence-corrected chi connectivity index (χ1v) is 14.9. The number of benzene rings is 2. The van der Waals surface area contributed by atoms with Crippen LogP contribution >= 0.6 is 0 Å². The molecule has 2 aromatic carbocycles. The summed E-state index contributed by atoms with van der Waals surface area (Å²) in [6.45, 7) is 7.23. The van der Waals surface area contributed by atoms with Gasteiger partial charge in [0.05, 0.1) is 18.1 Å². The van der Waals surface area contributed by atoms with Gasteiger partial charge in [-0.1, -0.05) is 49.8 Å². The van der Waals surface area contributed by atoms with Crippen molar-refractivity contribution in [2.75, 3.05) is 19.6 Å². The first-order chi connectivity index (χ1) is 20.6. The SMILES string of the molecule is CCCN(CCC)C(=O)C1=CC(C)=CC(C(N)=O)([C@H](Cc2cc(F)cc(F)c2)[C@@H](O)CNCc2cc3ccccc3o2)C1. The zero-order chi connectivity index (χ0) is 31.1. The van der Waals surface area contributed by atoms with Crippen molar-refractivity contribution >= 4 is 22.8 Å². The Labute approximate surface area is 251 Å². The molecule has 1 unspecified atom stereocenters. The van der Waals surface area contributed by atoms with Gasteiger partial charge in [-0.2, -0.15) is 0 Å². The van der Waals surface area contributed by atoms with Gasteiger partial charge in [-0.15, -0.1) is 0 Å². The van der Waals surface area contributed by atoms with Crippen LogP contribution in [0.15, 0.2) is 76.2 Å². The van der Waals surface area contributed by atoms with E-state index in [1.165, 1.54) is 12.1 Å². The Balaban J connectivity index is 1.65. The maximum absolute atomic E-state index is 14.2. The van der Waals surface area contributed by atoms with E-state index < -0.39 is 35.0 Å². The highest BCUT2D eigenvalue weighted by Crippen LogP contribution is 2.44. The summed E-state index contributed by atoms with van der Waals surface area (Å²) in [6, 6.07) is 12.6. The Kier molecular flexibility index (Phi) is 10.5. The van der Waals surface area contributed by atoms with E-state index in [2.05, 4.69) is 5.32 Å². The van der Waals surface area contributed by atoms with Crippen LogP contribution in [0.5, 0.6) is 0 Å². The Morgan fingerprint density at radius 1 is 1.09 bits per heavy atom. The molecule has 230 valence electrons. The molecule has 0 saturated carbocycles. The lowest BCUT2D eigenvalue weighted by molar-refractivity contribution is -0.132. The Morgan fingerprint density at radius 2 is 1.77 bits per heavy atom. The summed E-state index contributed by atoms with van der Waals surface area (Å²) in [5.41, 5.74) is 6.69. The number of nitrogens with zero attached hydrogens (tertiary/aromatic N) is 1. The molecule has 0 fully saturated rings. The first kappa shape index (κ1) is 32.1. The maximum Gasteiger partial charge on any atom is 0.249 e. The number of carbonyl (C=O) groups is 2. The zero-order valence-corrected chi connectivity index (χ0v) is 25.0. The Bertz CT molecular complexity index is 1460. The lowest BCUT2D eigenvalue weighted by atomic mass is 9.63. The van der Waals surface area contributed by atoms with Crippen LogP contribution in [-0.4, -0.2) is 47.6 Å². The highest BCUT2D eigenvalue weighted by atomic mass is 19.1. The summed E-state index contributed by atoms with van der Waals surface area (Å²) in [5.74, 6) is -2.68. The predicted octanol–water partition coefficient (Wildman–Crippen LogP) is 5.42. The van der Waals surface area contributed by atoms with Crippen LogP contribution in [0.3, 0.4) is 0 Å². The van der Waals surface area contributed by atoms with Crippen LogP contribution in [0.25, 0.3) is 11.0 Å². The average Bonchev–Trinajstić information content (AvgIpc) is 3.37. The third-order valence-electron chi connectivity index (χ3n) is 8.01. The summed E-state index contributed by atoms with van der Waals surface area (Å²) in [5, 5.41) is 15.8. The summed E-state index contributed by atoms with van der Waals surface area (Å²) in [6.07, 6.45) is 3.74. The van der Waals surface area contributed by atoms with Crippen LogP contribution in [0.4, 0.5) is 8.78 Å². The number of primary amides is 1. The van der Waals surface area contributed by atoms with Gasteiger partial charge in [-0.3, -0.25) is 9.59 Å². The lowest BCUT2D eigenvalue weighted by Crippen LogP contribution is -2.51. The van der Waals surface area contributed by atoms with E-state index in [1.807, 2.05) is 44.2 Å². The summed E-state index contributed by atoms with van der Waals surface area (Å²) >= 11 is 0. The van der Waals surface area contributed by atoms with Gasteiger partial charge in [-0.25, -0.2) is 8.78 Å². The van der Waals surface area contributed by atoms with E-state index in [9.17, 15) is 23.5 Å². The van der Waals surface area contributed by atoms with E-state index in [0.29, 0.717) is 36.5 Å². The minimum Gasteiger partial charge on any atom is -0.460 e. The van der Waals surface area contributed by atoms with Crippen molar-refractivity contribution in [3.63, 3.8) is 0 Å². The molecule has 1 aliphatic carbocycles. The largest absolute Gasteiger partial charge is 0.460 e. The number of amides is 2. The smallest absolute Gasteiger partial charge is 0.249 e. The second-order valence-electron chi connectivity index (χ2n) is 11.5. The molecule has 2 amide bonds. The number of carbonyl (C=O) groups excluding carboxylic acids is 2. The normalized spacial score (nSPS) is 18.2. The number of hydrogen-bond acceptors (Lipinski definition) is 5. The average molecular weight is 594 g/mol. The van der Waals surface area contributed by atoms with Crippen LogP contribution in [-0.2, 0) is 22.6 Å². The molecule has 4 rings (SSSR count). The lowest BCUT2D eigenvalue weighted by Gasteiger charge is -2.42. The van der Waals surface area contributed by atoms with Gasteiger partial charge in [0.25, 0.3) is 0 Å². The second-order valence-corrected chi connectivity index (χ2v) is 11.5.